The van der Waals surface area contributed by atoms with E-state index < -0.39 is 34.5 Å². The number of hydrogen-bond donors (Lipinski definition) is 5. The molecule has 186 valence electrons. The Kier molecular flexibility index (Phi) is 7.69. The van der Waals surface area contributed by atoms with Gasteiger partial charge in [0.15, 0.2) is 0 Å². The zero-order valence-electron chi connectivity index (χ0n) is 19.0. The molecule has 1 aromatic heterocycles. The van der Waals surface area contributed by atoms with Crippen LogP contribution < -0.4 is 20.1 Å². The lowest BCUT2D eigenvalue weighted by molar-refractivity contribution is -0.138. The van der Waals surface area contributed by atoms with Crippen molar-refractivity contribution in [3.63, 3.8) is 0 Å². The van der Waals surface area contributed by atoms with E-state index in [9.17, 15) is 23.1 Å². The van der Waals surface area contributed by atoms with Gasteiger partial charge in [-0.1, -0.05) is 18.2 Å². The number of aliphatic carboxylic acids is 1. The van der Waals surface area contributed by atoms with Crippen molar-refractivity contribution in [2.75, 3.05) is 26.2 Å². The summed E-state index contributed by atoms with van der Waals surface area (Å²) in [6, 6.07) is 13.0. The van der Waals surface area contributed by atoms with E-state index in [1.54, 1.807) is 12.1 Å². The van der Waals surface area contributed by atoms with Gasteiger partial charge >= 0.3 is 5.97 Å². The molecular formula is C24H28N4O6S. The van der Waals surface area contributed by atoms with E-state index in [1.807, 2.05) is 18.2 Å². The molecule has 1 saturated heterocycles. The van der Waals surface area contributed by atoms with Gasteiger partial charge in [0.05, 0.1) is 11.5 Å². The second-order valence-corrected chi connectivity index (χ2v) is 10.2. The quantitative estimate of drug-likeness (QED) is 0.284. The Balaban J connectivity index is 1.37. The van der Waals surface area contributed by atoms with Crippen LogP contribution in [0.5, 0.6) is 5.75 Å². The molecule has 0 bridgehead atoms. The first kappa shape index (κ1) is 24.7. The van der Waals surface area contributed by atoms with Crippen molar-refractivity contribution in [1.82, 2.24) is 20.3 Å². The highest BCUT2D eigenvalue weighted by Gasteiger charge is 2.26. The fourth-order valence-corrected chi connectivity index (χ4v) is 5.12. The minimum absolute atomic E-state index is 0.0635. The van der Waals surface area contributed by atoms with Crippen LogP contribution in [0.2, 0.25) is 0 Å². The monoisotopic (exact) mass is 500 g/mol. The maximum absolute atomic E-state index is 12.6. The van der Waals surface area contributed by atoms with Crippen molar-refractivity contribution < 1.29 is 27.9 Å². The summed E-state index contributed by atoms with van der Waals surface area (Å²) in [5.74, 6) is -0.732. The summed E-state index contributed by atoms with van der Waals surface area (Å²) in [5.41, 5.74) is 0.953. The lowest BCUT2D eigenvalue weighted by Gasteiger charge is -2.22. The van der Waals surface area contributed by atoms with Gasteiger partial charge in [0.25, 0.3) is 5.91 Å². The number of carboxylic acid groups (broad SMARTS) is 1. The number of sulfonamides is 1. The molecule has 3 aromatic rings. The maximum Gasteiger partial charge on any atom is 0.323 e. The number of aromatic nitrogens is 1. The largest absolute Gasteiger partial charge is 0.493 e. The highest BCUT2D eigenvalue weighted by atomic mass is 32.2. The van der Waals surface area contributed by atoms with Crippen LogP contribution >= 0.6 is 0 Å². The van der Waals surface area contributed by atoms with Crippen molar-refractivity contribution in [3.05, 3.63) is 60.3 Å². The number of hydrogen-bond acceptors (Lipinski definition) is 6. The lowest BCUT2D eigenvalue weighted by atomic mass is 9.99. The van der Waals surface area contributed by atoms with Crippen LogP contribution in [0, 0.1) is 5.92 Å². The molecule has 1 atom stereocenters. The van der Waals surface area contributed by atoms with E-state index in [-0.39, 0.29) is 10.6 Å². The summed E-state index contributed by atoms with van der Waals surface area (Å²) < 4.78 is 33.0. The molecule has 10 nitrogen and oxygen atoms in total. The second-order valence-electron chi connectivity index (χ2n) is 8.47. The fourth-order valence-electron chi connectivity index (χ4n) is 3.91. The molecule has 0 aliphatic carbocycles. The molecule has 4 rings (SSSR count). The van der Waals surface area contributed by atoms with Gasteiger partial charge in [-0.15, -0.1) is 0 Å². The number of carboxylic acids is 1. The van der Waals surface area contributed by atoms with E-state index in [2.05, 4.69) is 20.3 Å². The first-order valence-corrected chi connectivity index (χ1v) is 12.8. The van der Waals surface area contributed by atoms with Crippen LogP contribution in [0.3, 0.4) is 0 Å². The average Bonchev–Trinajstić information content (AvgIpc) is 3.30. The number of carbonyl (C=O) groups is 2. The van der Waals surface area contributed by atoms with Crippen LogP contribution in [0.4, 0.5) is 0 Å². The minimum atomic E-state index is -4.06. The van der Waals surface area contributed by atoms with Gasteiger partial charge in [-0.2, -0.15) is 4.72 Å². The molecule has 0 unspecified atom stereocenters. The summed E-state index contributed by atoms with van der Waals surface area (Å²) in [6.45, 7) is 2.21. The summed E-state index contributed by atoms with van der Waals surface area (Å²) in [5, 5.41) is 16.0. The average molecular weight is 501 g/mol. The van der Waals surface area contributed by atoms with Crippen LogP contribution in [0.25, 0.3) is 10.9 Å². The third-order valence-electron chi connectivity index (χ3n) is 5.90. The number of benzene rings is 2. The molecule has 2 aromatic carbocycles. The van der Waals surface area contributed by atoms with E-state index in [4.69, 9.17) is 4.74 Å². The number of piperidine rings is 1. The van der Waals surface area contributed by atoms with Gasteiger partial charge in [-0.05, 0) is 68.2 Å². The standard InChI is InChI=1S/C24H28N4O6S/c29-23(26-14-22(24(30)31)28-35(32,33)19-4-2-1-3-5-19)21-13-17-12-18(6-7-20(17)27-21)34-15-16-8-10-25-11-9-16/h1-7,12-13,16,22,25,27-28H,8-11,14-15H2,(H,26,29)(H,30,31)/t22-/m0/s1. The van der Waals surface area contributed by atoms with Crippen molar-refractivity contribution in [1.29, 1.82) is 0 Å². The third-order valence-corrected chi connectivity index (χ3v) is 7.38. The first-order valence-electron chi connectivity index (χ1n) is 11.4. The Morgan fingerprint density at radius 1 is 1.09 bits per heavy atom. The van der Waals surface area contributed by atoms with Crippen molar-refractivity contribution in [2.45, 2.75) is 23.8 Å². The van der Waals surface area contributed by atoms with Gasteiger partial charge in [0, 0.05) is 17.4 Å². The van der Waals surface area contributed by atoms with Crippen molar-refractivity contribution >= 4 is 32.8 Å². The fraction of sp³-hybridized carbons (Fsp3) is 0.333. The molecular weight excluding hydrogens is 472 g/mol. The number of H-pyrrole nitrogens is 1. The van der Waals surface area contributed by atoms with Crippen LogP contribution in [0.1, 0.15) is 23.3 Å². The molecule has 5 N–H and O–H groups in total. The Bertz CT molecular complexity index is 1290. The molecule has 0 radical (unpaired) electrons. The minimum Gasteiger partial charge on any atom is -0.493 e. The van der Waals surface area contributed by atoms with E-state index in [0.717, 1.165) is 36.8 Å². The molecule has 1 aliphatic heterocycles. The van der Waals surface area contributed by atoms with Gasteiger partial charge in [-0.25, -0.2) is 8.42 Å². The lowest BCUT2D eigenvalue weighted by Crippen LogP contribution is -2.48. The number of aromatic amines is 1. The molecule has 2 heterocycles. The molecule has 1 aliphatic rings. The Morgan fingerprint density at radius 3 is 2.54 bits per heavy atom. The summed E-state index contributed by atoms with van der Waals surface area (Å²) >= 11 is 0. The van der Waals surface area contributed by atoms with E-state index in [0.29, 0.717) is 18.3 Å². The number of carbonyl (C=O) groups excluding carboxylic acids is 1. The number of nitrogens with one attached hydrogen (secondary N) is 4. The van der Waals surface area contributed by atoms with Gasteiger partial charge in [-0.3, -0.25) is 9.59 Å². The Hall–Kier alpha value is -3.41. The highest BCUT2D eigenvalue weighted by molar-refractivity contribution is 7.89. The molecule has 11 heteroatoms. The van der Waals surface area contributed by atoms with Crippen molar-refractivity contribution in [3.8, 4) is 5.75 Å². The molecule has 0 spiro atoms. The Morgan fingerprint density at radius 2 is 1.83 bits per heavy atom. The molecule has 35 heavy (non-hydrogen) atoms. The third kappa shape index (κ3) is 6.38. The van der Waals surface area contributed by atoms with Crippen molar-refractivity contribution in [2.24, 2.45) is 5.92 Å². The summed E-state index contributed by atoms with van der Waals surface area (Å²) in [6.07, 6.45) is 2.16. The van der Waals surface area contributed by atoms with Crippen LogP contribution in [-0.2, 0) is 14.8 Å². The smallest absolute Gasteiger partial charge is 0.323 e. The van der Waals surface area contributed by atoms with E-state index >= 15 is 0 Å². The molecule has 1 amide bonds. The SMILES string of the molecule is O=C(NC[C@H](NS(=O)(=O)c1ccccc1)C(=O)O)c1cc2cc(OCC3CCNCC3)ccc2[nH]1. The zero-order valence-corrected chi connectivity index (χ0v) is 19.8. The number of fused-ring (bicyclic) bond motifs is 1. The first-order chi connectivity index (χ1) is 16.8. The van der Waals surface area contributed by atoms with Gasteiger partial charge in [0.2, 0.25) is 10.0 Å². The highest BCUT2D eigenvalue weighted by Crippen LogP contribution is 2.23. The summed E-state index contributed by atoms with van der Waals surface area (Å²) in [7, 11) is -4.06. The molecule has 0 saturated carbocycles. The molecule has 1 fully saturated rings. The number of rotatable bonds is 10. The van der Waals surface area contributed by atoms with Gasteiger partial charge < -0.3 is 25.5 Å². The Labute approximate surface area is 203 Å². The van der Waals surface area contributed by atoms with Gasteiger partial charge in [0.1, 0.15) is 17.5 Å². The number of ether oxygens (including phenoxy) is 1. The predicted octanol–water partition coefficient (Wildman–Crippen LogP) is 1.71. The second kappa shape index (κ2) is 10.9. The zero-order chi connectivity index (χ0) is 24.8. The van der Waals surface area contributed by atoms with Crippen LogP contribution in [-0.4, -0.2) is 62.7 Å². The van der Waals surface area contributed by atoms with Crippen LogP contribution in [0.15, 0.2) is 59.5 Å². The normalized spacial score (nSPS) is 15.5. The van der Waals surface area contributed by atoms with E-state index in [1.165, 1.54) is 24.3 Å². The number of amides is 1. The maximum atomic E-state index is 12.6. The summed E-state index contributed by atoms with van der Waals surface area (Å²) in [4.78, 5) is 27.2. The topological polar surface area (TPSA) is 150 Å². The predicted molar refractivity (Wildman–Crippen MR) is 130 cm³/mol.